The first-order valence-electron chi connectivity index (χ1n) is 5.99. The number of carbonyl (C=O) groups excluding carboxylic acids is 1. The van der Waals surface area contributed by atoms with Crippen LogP contribution in [-0.4, -0.2) is 26.9 Å². The largest absolute Gasteiger partial charge is 0.339 e. The van der Waals surface area contributed by atoms with Crippen LogP contribution in [0.15, 0.2) is 21.1 Å². The minimum Gasteiger partial charge on any atom is -0.339 e. The first-order chi connectivity index (χ1) is 10.5. The number of nitrogens with one attached hydrogen (secondary N) is 3. The second-order valence-corrected chi connectivity index (χ2v) is 9.17. The molecular weight excluding hydrogens is 536 g/mol. The third-order valence-electron chi connectivity index (χ3n) is 2.52. The molecule has 3 N–H and O–H groups in total. The number of alkyl halides is 4. The van der Waals surface area contributed by atoms with Gasteiger partial charge in [-0.3, -0.25) is 4.79 Å². The highest BCUT2D eigenvalue weighted by Gasteiger charge is 2.34. The summed E-state index contributed by atoms with van der Waals surface area (Å²) in [5, 5.41) is 8.34. The van der Waals surface area contributed by atoms with Gasteiger partial charge in [-0.15, -0.1) is 11.6 Å². The van der Waals surface area contributed by atoms with Crippen LogP contribution in [0.4, 0.5) is 5.69 Å². The minimum atomic E-state index is -1.82. The van der Waals surface area contributed by atoms with Crippen LogP contribution in [0, 0.1) is 6.92 Å². The quantitative estimate of drug-likeness (QED) is 0.287. The molecule has 128 valence electrons. The number of carbonyl (C=O) groups is 1. The zero-order valence-electron chi connectivity index (χ0n) is 11.5. The summed E-state index contributed by atoms with van der Waals surface area (Å²) in [4.78, 5) is 11.4. The van der Waals surface area contributed by atoms with E-state index in [1.54, 1.807) is 0 Å². The van der Waals surface area contributed by atoms with Gasteiger partial charge < -0.3 is 16.0 Å². The van der Waals surface area contributed by atoms with E-state index in [4.69, 9.17) is 58.6 Å². The maximum atomic E-state index is 11.4. The molecule has 11 heteroatoms. The number of hydrogen-bond acceptors (Lipinski definition) is 2. The van der Waals surface area contributed by atoms with Gasteiger partial charge in [-0.05, 0) is 52.8 Å². The lowest BCUT2D eigenvalue weighted by atomic mass is 10.2. The maximum absolute atomic E-state index is 11.4. The highest BCUT2D eigenvalue weighted by atomic mass is 79.9. The third-order valence-corrected chi connectivity index (χ3v) is 4.72. The van der Waals surface area contributed by atoms with Crippen LogP contribution in [-0.2, 0) is 4.79 Å². The molecule has 0 heterocycles. The second-order valence-electron chi connectivity index (χ2n) is 4.35. The molecule has 0 aliphatic rings. The van der Waals surface area contributed by atoms with Crippen molar-refractivity contribution in [1.82, 2.24) is 10.6 Å². The Hall–Kier alpha value is 0.500. The van der Waals surface area contributed by atoms with Gasteiger partial charge in [0.1, 0.15) is 12.0 Å². The van der Waals surface area contributed by atoms with Gasteiger partial charge in [0, 0.05) is 8.95 Å². The summed E-state index contributed by atoms with van der Waals surface area (Å²) < 4.78 is -0.108. The summed E-state index contributed by atoms with van der Waals surface area (Å²) in [6, 6.07) is 3.77. The van der Waals surface area contributed by atoms with E-state index in [1.165, 1.54) is 0 Å². The Morgan fingerprint density at radius 1 is 1.30 bits per heavy atom. The fraction of sp³-hybridized carbons (Fsp3) is 0.333. The predicted octanol–water partition coefficient (Wildman–Crippen LogP) is 4.86. The number of aryl methyl sites for hydroxylation is 1. The Kier molecular flexibility index (Phi) is 8.68. The molecule has 0 saturated carbocycles. The molecule has 1 unspecified atom stereocenters. The fourth-order valence-corrected chi connectivity index (χ4v) is 3.70. The summed E-state index contributed by atoms with van der Waals surface area (Å²) in [6.07, 6.45) is -1.05. The molecule has 0 bridgehead atoms. The van der Waals surface area contributed by atoms with E-state index in [-0.39, 0.29) is 11.0 Å². The summed E-state index contributed by atoms with van der Waals surface area (Å²) in [5.41, 5.74) is 1.68. The smallest absolute Gasteiger partial charge is 0.236 e. The summed E-state index contributed by atoms with van der Waals surface area (Å²) in [7, 11) is 0. The van der Waals surface area contributed by atoms with E-state index < -0.39 is 15.9 Å². The lowest BCUT2D eigenvalue weighted by Gasteiger charge is -2.27. The van der Waals surface area contributed by atoms with E-state index >= 15 is 0 Å². The molecular formula is C12H11Br2Cl4N3OS. The number of amides is 1. The lowest BCUT2D eigenvalue weighted by molar-refractivity contribution is -0.119. The maximum Gasteiger partial charge on any atom is 0.236 e. The number of benzene rings is 1. The van der Waals surface area contributed by atoms with Gasteiger partial charge in [-0.2, -0.15) is 0 Å². The third kappa shape index (κ3) is 7.10. The average molecular weight is 547 g/mol. The zero-order chi connectivity index (χ0) is 17.8. The Morgan fingerprint density at radius 3 is 2.39 bits per heavy atom. The topological polar surface area (TPSA) is 53.2 Å². The van der Waals surface area contributed by atoms with Crippen LogP contribution < -0.4 is 16.0 Å². The van der Waals surface area contributed by atoms with E-state index in [1.807, 2.05) is 19.1 Å². The van der Waals surface area contributed by atoms with Gasteiger partial charge in [-0.1, -0.05) is 50.7 Å². The van der Waals surface area contributed by atoms with E-state index in [2.05, 4.69) is 47.8 Å². The van der Waals surface area contributed by atoms with Crippen LogP contribution in [0.2, 0.25) is 0 Å². The number of anilines is 1. The molecule has 1 amide bonds. The first kappa shape index (κ1) is 21.5. The first-order valence-corrected chi connectivity index (χ1v) is 9.66. The van der Waals surface area contributed by atoms with Crippen molar-refractivity contribution >= 4 is 107 Å². The van der Waals surface area contributed by atoms with Crippen molar-refractivity contribution < 1.29 is 4.79 Å². The second kappa shape index (κ2) is 9.27. The molecule has 0 saturated heterocycles. The molecule has 4 nitrogen and oxygen atoms in total. The van der Waals surface area contributed by atoms with E-state index in [0.29, 0.717) is 0 Å². The van der Waals surface area contributed by atoms with Gasteiger partial charge in [0.15, 0.2) is 5.11 Å². The fourth-order valence-electron chi connectivity index (χ4n) is 1.54. The number of halogens is 6. The number of thiocarbonyl (C=S) groups is 1. The van der Waals surface area contributed by atoms with Crippen LogP contribution in [0.3, 0.4) is 0 Å². The van der Waals surface area contributed by atoms with Gasteiger partial charge in [0.05, 0.1) is 5.69 Å². The van der Waals surface area contributed by atoms with Gasteiger partial charge >= 0.3 is 0 Å². The molecule has 1 atom stereocenters. The average Bonchev–Trinajstić information content (AvgIpc) is 2.40. The zero-order valence-corrected chi connectivity index (χ0v) is 18.5. The SMILES string of the molecule is Cc1cc(Br)cc(Br)c1NC(=S)NC(NC(=O)CCl)C(Cl)(Cl)Cl. The van der Waals surface area contributed by atoms with E-state index in [9.17, 15) is 4.79 Å². The van der Waals surface area contributed by atoms with Crippen molar-refractivity contribution in [3.05, 3.63) is 26.6 Å². The summed E-state index contributed by atoms with van der Waals surface area (Å²) >= 11 is 35.0. The monoisotopic (exact) mass is 543 g/mol. The lowest BCUT2D eigenvalue weighted by Crippen LogP contribution is -2.56. The number of rotatable bonds is 4. The van der Waals surface area contributed by atoms with Crippen molar-refractivity contribution in [1.29, 1.82) is 0 Å². The molecule has 0 aromatic heterocycles. The molecule has 0 radical (unpaired) electrons. The van der Waals surface area contributed by atoms with Gasteiger partial charge in [-0.25, -0.2) is 0 Å². The van der Waals surface area contributed by atoms with Crippen molar-refractivity contribution in [3.8, 4) is 0 Å². The van der Waals surface area contributed by atoms with Gasteiger partial charge in [0.2, 0.25) is 9.70 Å². The van der Waals surface area contributed by atoms with Crippen molar-refractivity contribution in [2.45, 2.75) is 16.9 Å². The standard InChI is InChI=1S/C12H11Br2Cl4N3OS/c1-5-2-6(13)3-7(14)9(5)20-11(23)21-10(12(16,17)18)19-8(22)4-15/h2-3,10H,4H2,1H3,(H,19,22)(H2,20,21,23). The molecule has 1 aromatic rings. The molecule has 0 aliphatic heterocycles. The Balaban J connectivity index is 2.86. The normalized spacial score (nSPS) is 12.5. The number of hydrogen-bond donors (Lipinski definition) is 3. The van der Waals surface area contributed by atoms with Crippen molar-refractivity contribution in [3.63, 3.8) is 0 Å². The predicted molar refractivity (Wildman–Crippen MR) is 109 cm³/mol. The van der Waals surface area contributed by atoms with Crippen molar-refractivity contribution in [2.24, 2.45) is 0 Å². The van der Waals surface area contributed by atoms with Crippen molar-refractivity contribution in [2.75, 3.05) is 11.2 Å². The summed E-state index contributed by atoms with van der Waals surface area (Å²) in [6.45, 7) is 1.90. The van der Waals surface area contributed by atoms with Crippen LogP contribution in [0.25, 0.3) is 0 Å². The highest BCUT2D eigenvalue weighted by molar-refractivity contribution is 9.11. The molecule has 23 heavy (non-hydrogen) atoms. The summed E-state index contributed by atoms with van der Waals surface area (Å²) in [5.74, 6) is -0.768. The molecule has 0 spiro atoms. The molecule has 1 aromatic carbocycles. The van der Waals surface area contributed by atoms with Crippen LogP contribution in [0.5, 0.6) is 0 Å². The Morgan fingerprint density at radius 2 is 1.91 bits per heavy atom. The molecule has 1 rings (SSSR count). The van der Waals surface area contributed by atoms with E-state index in [0.717, 1.165) is 20.2 Å². The van der Waals surface area contributed by atoms with Crippen LogP contribution >= 0.6 is 90.5 Å². The molecule has 0 fully saturated rings. The highest BCUT2D eigenvalue weighted by Crippen LogP contribution is 2.31. The Labute approximate surface area is 176 Å². The van der Waals surface area contributed by atoms with Gasteiger partial charge in [0.25, 0.3) is 0 Å². The minimum absolute atomic E-state index is 0.169. The molecule has 0 aliphatic carbocycles. The Bertz CT molecular complexity index is 589. The van der Waals surface area contributed by atoms with Crippen LogP contribution in [0.1, 0.15) is 5.56 Å².